The molecule has 0 atom stereocenters. The number of pyridine rings is 1. The summed E-state index contributed by atoms with van der Waals surface area (Å²) in [5.74, 6) is 0.294. The maximum absolute atomic E-state index is 5.47. The molecule has 2 N–H and O–H groups in total. The van der Waals surface area contributed by atoms with Crippen LogP contribution in [0.4, 0.5) is 5.95 Å². The first-order chi connectivity index (χ1) is 6.29. The average molecular weight is 174 g/mol. The molecule has 2 aromatic rings. The molecule has 2 rings (SSSR count). The zero-order valence-corrected chi connectivity index (χ0v) is 7.36. The molecular weight excluding hydrogens is 164 g/mol. The van der Waals surface area contributed by atoms with Gasteiger partial charge in [0, 0.05) is 6.20 Å². The lowest BCUT2D eigenvalue weighted by atomic mass is 10.2. The van der Waals surface area contributed by atoms with E-state index in [1.54, 1.807) is 6.20 Å². The number of nitrogens with two attached hydrogens (primary N) is 1. The minimum absolute atomic E-state index is 0.294. The molecule has 4 heteroatoms. The van der Waals surface area contributed by atoms with Crippen LogP contribution < -0.4 is 5.73 Å². The minimum Gasteiger partial charge on any atom is -0.368 e. The third-order valence-corrected chi connectivity index (χ3v) is 1.92. The van der Waals surface area contributed by atoms with Gasteiger partial charge in [-0.1, -0.05) is 6.92 Å². The molecule has 0 aromatic carbocycles. The number of rotatable bonds is 1. The van der Waals surface area contributed by atoms with E-state index in [2.05, 4.69) is 21.9 Å². The number of hydrogen-bond donors (Lipinski definition) is 1. The fourth-order valence-corrected chi connectivity index (χ4v) is 1.17. The summed E-state index contributed by atoms with van der Waals surface area (Å²) in [5, 5.41) is 0. The first-order valence-corrected chi connectivity index (χ1v) is 4.16. The van der Waals surface area contributed by atoms with Crippen molar-refractivity contribution in [3.8, 4) is 0 Å². The molecule has 0 aliphatic rings. The van der Waals surface area contributed by atoms with Gasteiger partial charge in [0.2, 0.25) is 5.95 Å². The van der Waals surface area contributed by atoms with Crippen molar-refractivity contribution in [1.82, 2.24) is 15.0 Å². The van der Waals surface area contributed by atoms with E-state index in [0.29, 0.717) is 5.95 Å². The smallest absolute Gasteiger partial charge is 0.220 e. The Hall–Kier alpha value is -1.71. The van der Waals surface area contributed by atoms with Crippen LogP contribution in [0.15, 0.2) is 18.5 Å². The summed E-state index contributed by atoms with van der Waals surface area (Å²) >= 11 is 0. The number of aromatic nitrogens is 3. The maximum Gasteiger partial charge on any atom is 0.220 e. The first-order valence-electron chi connectivity index (χ1n) is 4.16. The average Bonchev–Trinajstić information content (AvgIpc) is 2.16. The van der Waals surface area contributed by atoms with Crippen LogP contribution in [-0.4, -0.2) is 15.0 Å². The van der Waals surface area contributed by atoms with Crippen LogP contribution in [0, 0.1) is 0 Å². The van der Waals surface area contributed by atoms with Gasteiger partial charge >= 0.3 is 0 Å². The van der Waals surface area contributed by atoms with Crippen LogP contribution in [-0.2, 0) is 6.42 Å². The molecule has 0 saturated heterocycles. The van der Waals surface area contributed by atoms with Crippen molar-refractivity contribution in [2.24, 2.45) is 0 Å². The van der Waals surface area contributed by atoms with Crippen molar-refractivity contribution in [1.29, 1.82) is 0 Å². The molecule has 0 saturated carbocycles. The van der Waals surface area contributed by atoms with E-state index in [1.165, 1.54) is 0 Å². The van der Waals surface area contributed by atoms with Crippen molar-refractivity contribution in [2.45, 2.75) is 13.3 Å². The molecule has 0 unspecified atom stereocenters. The largest absolute Gasteiger partial charge is 0.368 e. The van der Waals surface area contributed by atoms with E-state index in [-0.39, 0.29) is 0 Å². The van der Waals surface area contributed by atoms with Crippen molar-refractivity contribution >= 4 is 17.0 Å². The van der Waals surface area contributed by atoms with Gasteiger partial charge in [-0.25, -0.2) is 9.97 Å². The van der Waals surface area contributed by atoms with Gasteiger partial charge < -0.3 is 5.73 Å². The Balaban J connectivity index is 2.68. The normalized spacial score (nSPS) is 10.5. The number of nitrogen functional groups attached to an aromatic ring is 1. The topological polar surface area (TPSA) is 64.7 Å². The van der Waals surface area contributed by atoms with Crippen LogP contribution >= 0.6 is 0 Å². The standard InChI is InChI=1S/C9H10N4/c1-2-6-3-7-8(11-4-6)5-12-9(10)13-7/h3-5H,2H2,1H3,(H2,10,12,13). The summed E-state index contributed by atoms with van der Waals surface area (Å²) in [5.41, 5.74) is 8.22. The maximum atomic E-state index is 5.47. The molecule has 0 bridgehead atoms. The van der Waals surface area contributed by atoms with Crippen molar-refractivity contribution in [3.05, 3.63) is 24.0 Å². The van der Waals surface area contributed by atoms with E-state index >= 15 is 0 Å². The number of hydrogen-bond acceptors (Lipinski definition) is 4. The molecule has 66 valence electrons. The van der Waals surface area contributed by atoms with Crippen molar-refractivity contribution in [3.63, 3.8) is 0 Å². The highest BCUT2D eigenvalue weighted by atomic mass is 15.0. The van der Waals surface area contributed by atoms with E-state index in [9.17, 15) is 0 Å². The zero-order valence-electron chi connectivity index (χ0n) is 7.36. The second-order valence-corrected chi connectivity index (χ2v) is 2.83. The van der Waals surface area contributed by atoms with Crippen LogP contribution in [0.1, 0.15) is 12.5 Å². The molecule has 13 heavy (non-hydrogen) atoms. The molecule has 0 aliphatic heterocycles. The molecular formula is C9H10N4. The summed E-state index contributed by atoms with van der Waals surface area (Å²) in [6.07, 6.45) is 4.42. The highest BCUT2D eigenvalue weighted by Crippen LogP contribution is 2.10. The lowest BCUT2D eigenvalue weighted by molar-refractivity contribution is 1.11. The number of nitrogens with zero attached hydrogens (tertiary/aromatic N) is 3. The van der Waals surface area contributed by atoms with Crippen molar-refractivity contribution < 1.29 is 0 Å². The Morgan fingerprint density at radius 3 is 2.85 bits per heavy atom. The summed E-state index contributed by atoms with van der Waals surface area (Å²) in [7, 11) is 0. The lowest BCUT2D eigenvalue weighted by Crippen LogP contribution is -1.95. The predicted octanol–water partition coefficient (Wildman–Crippen LogP) is 1.17. The summed E-state index contributed by atoms with van der Waals surface area (Å²) in [6, 6.07) is 1.99. The van der Waals surface area contributed by atoms with E-state index in [1.807, 2.05) is 12.3 Å². The highest BCUT2D eigenvalue weighted by molar-refractivity contribution is 5.74. The van der Waals surface area contributed by atoms with Gasteiger partial charge in [0.05, 0.1) is 11.7 Å². The van der Waals surface area contributed by atoms with Gasteiger partial charge in [-0.3, -0.25) is 4.98 Å². The van der Waals surface area contributed by atoms with E-state index < -0.39 is 0 Å². The van der Waals surface area contributed by atoms with Gasteiger partial charge in [-0.15, -0.1) is 0 Å². The molecule has 0 spiro atoms. The molecule has 4 nitrogen and oxygen atoms in total. The number of aryl methyl sites for hydroxylation is 1. The Labute approximate surface area is 75.8 Å². The Bertz CT molecular complexity index is 439. The predicted molar refractivity (Wildman–Crippen MR) is 51.1 cm³/mol. The number of anilines is 1. The van der Waals surface area contributed by atoms with E-state index in [0.717, 1.165) is 23.0 Å². The number of fused-ring (bicyclic) bond motifs is 1. The fraction of sp³-hybridized carbons (Fsp3) is 0.222. The quantitative estimate of drug-likeness (QED) is 0.704. The second kappa shape index (κ2) is 2.97. The van der Waals surface area contributed by atoms with E-state index in [4.69, 9.17) is 5.73 Å². The second-order valence-electron chi connectivity index (χ2n) is 2.83. The van der Waals surface area contributed by atoms with Crippen molar-refractivity contribution in [2.75, 3.05) is 5.73 Å². The zero-order chi connectivity index (χ0) is 9.26. The molecule has 2 aromatic heterocycles. The molecule has 0 fully saturated rings. The van der Waals surface area contributed by atoms with Crippen LogP contribution in [0.3, 0.4) is 0 Å². The highest BCUT2D eigenvalue weighted by Gasteiger charge is 1.98. The fourth-order valence-electron chi connectivity index (χ4n) is 1.17. The molecule has 2 heterocycles. The van der Waals surface area contributed by atoms with Gasteiger partial charge in [-0.05, 0) is 18.1 Å². The molecule has 0 aliphatic carbocycles. The van der Waals surface area contributed by atoms with Gasteiger partial charge in [0.25, 0.3) is 0 Å². The Kier molecular flexibility index (Phi) is 1.81. The van der Waals surface area contributed by atoms with Crippen LogP contribution in [0.2, 0.25) is 0 Å². The van der Waals surface area contributed by atoms with Gasteiger partial charge in [-0.2, -0.15) is 0 Å². The third-order valence-electron chi connectivity index (χ3n) is 1.92. The summed E-state index contributed by atoms with van der Waals surface area (Å²) in [4.78, 5) is 12.2. The van der Waals surface area contributed by atoms with Gasteiger partial charge in [0.1, 0.15) is 5.52 Å². The molecule has 0 radical (unpaired) electrons. The monoisotopic (exact) mass is 174 g/mol. The Morgan fingerprint density at radius 2 is 2.08 bits per heavy atom. The SMILES string of the molecule is CCc1cnc2cnc(N)nc2c1. The van der Waals surface area contributed by atoms with Crippen LogP contribution in [0.25, 0.3) is 11.0 Å². The lowest BCUT2D eigenvalue weighted by Gasteiger charge is -1.99. The van der Waals surface area contributed by atoms with Crippen LogP contribution in [0.5, 0.6) is 0 Å². The van der Waals surface area contributed by atoms with Gasteiger partial charge in [0.15, 0.2) is 0 Å². The first kappa shape index (κ1) is 7.91. The molecule has 0 amide bonds. The Morgan fingerprint density at radius 1 is 1.23 bits per heavy atom. The minimum atomic E-state index is 0.294. The third kappa shape index (κ3) is 1.42. The summed E-state index contributed by atoms with van der Waals surface area (Å²) < 4.78 is 0. The summed E-state index contributed by atoms with van der Waals surface area (Å²) in [6.45, 7) is 2.08.